The Morgan fingerprint density at radius 2 is 0.714 bits per heavy atom. The van der Waals surface area contributed by atoms with Crippen LogP contribution in [-0.4, -0.2) is 10.2 Å². The fourth-order valence-electron chi connectivity index (χ4n) is 4.65. The van der Waals surface area contributed by atoms with Crippen LogP contribution in [0.2, 0.25) is 0 Å². The van der Waals surface area contributed by atoms with Gasteiger partial charge in [0.15, 0.2) is 0 Å². The van der Waals surface area contributed by atoms with Crippen LogP contribution in [0, 0.1) is 0 Å². The predicted octanol–water partition coefficient (Wildman–Crippen LogP) is 6.86. The van der Waals surface area contributed by atoms with Gasteiger partial charge >= 0.3 is 0 Å². The van der Waals surface area contributed by atoms with Gasteiger partial charge in [0.2, 0.25) is 0 Å². The van der Waals surface area contributed by atoms with Crippen LogP contribution in [0.3, 0.4) is 0 Å². The van der Waals surface area contributed by atoms with E-state index in [2.05, 4.69) is 36.4 Å². The van der Waals surface area contributed by atoms with Gasteiger partial charge in [-0.1, -0.05) is 60.7 Å². The Balaban J connectivity index is 2.10. The molecule has 0 radical (unpaired) electrons. The summed E-state index contributed by atoms with van der Waals surface area (Å²) in [5.41, 5.74) is 0. The van der Waals surface area contributed by atoms with Crippen molar-refractivity contribution in [1.29, 1.82) is 0 Å². The minimum Gasteiger partial charge on any atom is -0.508 e. The van der Waals surface area contributed by atoms with Gasteiger partial charge in [0.1, 0.15) is 11.5 Å². The van der Waals surface area contributed by atoms with Crippen molar-refractivity contribution in [2.75, 3.05) is 0 Å². The molecule has 132 valence electrons. The van der Waals surface area contributed by atoms with E-state index in [-0.39, 0.29) is 11.5 Å². The molecule has 2 heteroatoms. The van der Waals surface area contributed by atoms with E-state index in [1.54, 1.807) is 12.1 Å². The van der Waals surface area contributed by atoms with Crippen molar-refractivity contribution < 1.29 is 10.2 Å². The Kier molecular flexibility index (Phi) is 2.93. The minimum absolute atomic E-state index is 0.270. The lowest BCUT2D eigenvalue weighted by atomic mass is 9.87. The molecular formula is C26H16O2. The van der Waals surface area contributed by atoms with Crippen LogP contribution >= 0.6 is 0 Å². The van der Waals surface area contributed by atoms with Crippen LogP contribution in [-0.2, 0) is 0 Å². The maximum Gasteiger partial charge on any atom is 0.116 e. The number of benzene rings is 6. The highest BCUT2D eigenvalue weighted by Gasteiger charge is 2.16. The maximum absolute atomic E-state index is 10.1. The lowest BCUT2D eigenvalue weighted by Crippen LogP contribution is -1.88. The number of aromatic hydroxyl groups is 2. The van der Waals surface area contributed by atoms with E-state index in [1.165, 1.54) is 10.8 Å². The largest absolute Gasteiger partial charge is 0.508 e. The summed E-state index contributed by atoms with van der Waals surface area (Å²) in [5, 5.41) is 31.5. The second-order valence-corrected chi connectivity index (χ2v) is 7.30. The molecule has 0 aromatic heterocycles. The molecule has 28 heavy (non-hydrogen) atoms. The van der Waals surface area contributed by atoms with Crippen molar-refractivity contribution >= 4 is 53.9 Å². The lowest BCUT2D eigenvalue weighted by Gasteiger charge is -2.16. The summed E-state index contributed by atoms with van der Waals surface area (Å²) >= 11 is 0. The van der Waals surface area contributed by atoms with E-state index in [0.717, 1.165) is 43.1 Å². The van der Waals surface area contributed by atoms with E-state index < -0.39 is 0 Å². The van der Waals surface area contributed by atoms with Crippen LogP contribution in [0.25, 0.3) is 53.9 Å². The zero-order chi connectivity index (χ0) is 18.8. The summed E-state index contributed by atoms with van der Waals surface area (Å²) in [6, 6.07) is 27.9. The first kappa shape index (κ1) is 15.3. The summed E-state index contributed by atoms with van der Waals surface area (Å²) in [7, 11) is 0. The third-order valence-electron chi connectivity index (χ3n) is 5.77. The van der Waals surface area contributed by atoms with Gasteiger partial charge in [-0.05, 0) is 78.1 Å². The fraction of sp³-hybridized carbons (Fsp3) is 0. The summed E-state index contributed by atoms with van der Waals surface area (Å²) in [6.45, 7) is 0. The number of phenolic OH excluding ortho intramolecular Hbond substituents is 2. The second-order valence-electron chi connectivity index (χ2n) is 7.30. The number of hydrogen-bond donors (Lipinski definition) is 2. The summed E-state index contributed by atoms with van der Waals surface area (Å²) in [6.07, 6.45) is 0. The molecule has 0 fully saturated rings. The third-order valence-corrected chi connectivity index (χ3v) is 5.77. The van der Waals surface area contributed by atoms with E-state index in [0.29, 0.717) is 0 Å². The average Bonchev–Trinajstić information content (AvgIpc) is 2.73. The lowest BCUT2D eigenvalue weighted by molar-refractivity contribution is 0.475. The molecule has 0 unspecified atom stereocenters. The van der Waals surface area contributed by atoms with Crippen LogP contribution < -0.4 is 0 Å². The van der Waals surface area contributed by atoms with Gasteiger partial charge in [0.05, 0.1) is 0 Å². The molecule has 0 saturated carbocycles. The molecule has 0 aliphatic rings. The van der Waals surface area contributed by atoms with Gasteiger partial charge in [0.25, 0.3) is 0 Å². The smallest absolute Gasteiger partial charge is 0.116 e. The number of fused-ring (bicyclic) bond motifs is 11. The first-order valence-electron chi connectivity index (χ1n) is 9.33. The molecule has 0 aliphatic heterocycles. The van der Waals surface area contributed by atoms with Gasteiger partial charge in [-0.2, -0.15) is 0 Å². The van der Waals surface area contributed by atoms with E-state index in [4.69, 9.17) is 0 Å². The van der Waals surface area contributed by atoms with Crippen molar-refractivity contribution in [2.24, 2.45) is 0 Å². The topological polar surface area (TPSA) is 40.5 Å². The van der Waals surface area contributed by atoms with Gasteiger partial charge in [-0.25, -0.2) is 0 Å². The Hall–Kier alpha value is -3.78. The molecule has 6 aromatic carbocycles. The van der Waals surface area contributed by atoms with E-state index in [1.807, 2.05) is 36.4 Å². The molecule has 0 saturated heterocycles. The quantitative estimate of drug-likeness (QED) is 0.290. The minimum atomic E-state index is 0.270. The first-order chi connectivity index (χ1) is 13.7. The molecule has 2 N–H and O–H groups in total. The summed E-state index contributed by atoms with van der Waals surface area (Å²) < 4.78 is 0. The highest BCUT2D eigenvalue weighted by Crippen LogP contribution is 2.44. The molecule has 2 nitrogen and oxygen atoms in total. The van der Waals surface area contributed by atoms with E-state index in [9.17, 15) is 10.2 Å². The second kappa shape index (κ2) is 5.37. The van der Waals surface area contributed by atoms with Crippen molar-refractivity contribution in [3.05, 3.63) is 84.9 Å². The Labute approximate surface area is 160 Å². The van der Waals surface area contributed by atoms with Crippen molar-refractivity contribution in [3.63, 3.8) is 0 Å². The Morgan fingerprint density at radius 1 is 0.357 bits per heavy atom. The SMILES string of the molecule is Oc1ccc2c(c1)c1ccccc1c1c3ccc(O)cc3c3ccccc3c21. The first-order valence-corrected chi connectivity index (χ1v) is 9.33. The Morgan fingerprint density at radius 3 is 1.14 bits per heavy atom. The van der Waals surface area contributed by atoms with Gasteiger partial charge < -0.3 is 10.2 Å². The maximum atomic E-state index is 10.1. The van der Waals surface area contributed by atoms with Crippen LogP contribution in [0.4, 0.5) is 0 Å². The highest BCUT2D eigenvalue weighted by molar-refractivity contribution is 6.39. The highest BCUT2D eigenvalue weighted by atomic mass is 16.3. The molecule has 0 amide bonds. The third kappa shape index (κ3) is 1.92. The predicted molar refractivity (Wildman–Crippen MR) is 117 cm³/mol. The summed E-state index contributed by atoms with van der Waals surface area (Å²) in [5.74, 6) is 0.541. The molecule has 0 heterocycles. The van der Waals surface area contributed by atoms with E-state index >= 15 is 0 Å². The van der Waals surface area contributed by atoms with Crippen molar-refractivity contribution in [1.82, 2.24) is 0 Å². The summed E-state index contributed by atoms with van der Waals surface area (Å²) in [4.78, 5) is 0. The molecule has 0 spiro atoms. The molecular weight excluding hydrogens is 344 g/mol. The van der Waals surface area contributed by atoms with Crippen LogP contribution in [0.15, 0.2) is 84.9 Å². The van der Waals surface area contributed by atoms with Crippen molar-refractivity contribution in [3.8, 4) is 11.5 Å². The van der Waals surface area contributed by atoms with Crippen LogP contribution in [0.5, 0.6) is 11.5 Å². The number of phenols is 2. The zero-order valence-corrected chi connectivity index (χ0v) is 15.0. The molecule has 0 bridgehead atoms. The van der Waals surface area contributed by atoms with Crippen LogP contribution in [0.1, 0.15) is 0 Å². The Bertz CT molecular complexity index is 1460. The fourth-order valence-corrected chi connectivity index (χ4v) is 4.65. The monoisotopic (exact) mass is 360 g/mol. The standard InChI is InChI=1S/C26H16O2/c27-15-9-11-21-23(13-15)17-5-1-3-7-19(17)25-22-12-10-16(28)14-24(22)18-6-2-4-8-20(18)26(21)25/h1-14,27-28H. The molecule has 0 atom stereocenters. The van der Waals surface area contributed by atoms with Gasteiger partial charge in [0, 0.05) is 0 Å². The zero-order valence-electron chi connectivity index (χ0n) is 15.0. The molecule has 6 rings (SSSR count). The normalized spacial score (nSPS) is 11.9. The van der Waals surface area contributed by atoms with Gasteiger partial charge in [-0.15, -0.1) is 0 Å². The number of rotatable bonds is 0. The molecule has 6 aromatic rings. The van der Waals surface area contributed by atoms with Gasteiger partial charge in [-0.3, -0.25) is 0 Å². The number of hydrogen-bond acceptors (Lipinski definition) is 2. The molecule has 0 aliphatic carbocycles. The average molecular weight is 360 g/mol. The van der Waals surface area contributed by atoms with Crippen molar-refractivity contribution in [2.45, 2.75) is 0 Å².